The van der Waals surface area contributed by atoms with Crippen molar-refractivity contribution in [1.82, 2.24) is 15.0 Å². The molecule has 0 saturated carbocycles. The number of hydrogen-bond acceptors (Lipinski definition) is 5. The number of carboxylic acids is 1. The molecule has 140 valence electrons. The van der Waals surface area contributed by atoms with Crippen LogP contribution in [0.5, 0.6) is 0 Å². The lowest BCUT2D eigenvalue weighted by molar-refractivity contribution is -0.192. The van der Waals surface area contributed by atoms with Gasteiger partial charge in [0.15, 0.2) is 5.13 Å². The maximum atomic E-state index is 10.6. The molecule has 0 aromatic carbocycles. The molecule has 3 aromatic rings. The highest BCUT2D eigenvalue weighted by Crippen LogP contribution is 2.30. The van der Waals surface area contributed by atoms with Crippen LogP contribution in [0.25, 0.3) is 22.3 Å². The Morgan fingerprint density at radius 1 is 1.38 bits per heavy atom. The van der Waals surface area contributed by atoms with Crippen LogP contribution in [0.1, 0.15) is 13.3 Å². The van der Waals surface area contributed by atoms with Gasteiger partial charge < -0.3 is 15.0 Å². The third-order valence-corrected chi connectivity index (χ3v) is 4.31. The fourth-order valence-corrected chi connectivity index (χ4v) is 3.00. The number of pyridine rings is 1. The van der Waals surface area contributed by atoms with Gasteiger partial charge in [-0.3, -0.25) is 0 Å². The first-order valence-electron chi connectivity index (χ1n) is 7.63. The number of thiazole rings is 1. The quantitative estimate of drug-likeness (QED) is 0.703. The summed E-state index contributed by atoms with van der Waals surface area (Å²) in [4.78, 5) is 23.3. The van der Waals surface area contributed by atoms with E-state index in [-0.39, 0.29) is 0 Å². The van der Waals surface area contributed by atoms with Gasteiger partial charge in [-0.2, -0.15) is 13.2 Å². The van der Waals surface area contributed by atoms with Crippen molar-refractivity contribution >= 4 is 33.5 Å². The van der Waals surface area contributed by atoms with Crippen LogP contribution in [-0.4, -0.2) is 45.8 Å². The number of H-pyrrole nitrogens is 1. The third kappa shape index (κ3) is 4.72. The summed E-state index contributed by atoms with van der Waals surface area (Å²) in [5.74, 6) is -2.76. The molecule has 2 N–H and O–H groups in total. The predicted octanol–water partition coefficient (Wildman–Crippen LogP) is 4.17. The number of aromatic amines is 1. The maximum absolute atomic E-state index is 10.6. The Morgan fingerprint density at radius 3 is 2.69 bits per heavy atom. The van der Waals surface area contributed by atoms with E-state index in [2.05, 4.69) is 34.2 Å². The van der Waals surface area contributed by atoms with Crippen LogP contribution >= 0.6 is 11.3 Å². The molecule has 3 aromatic heterocycles. The molecular weight excluding hydrogens is 369 g/mol. The second-order valence-corrected chi connectivity index (χ2v) is 6.17. The average Bonchev–Trinajstić information content (AvgIpc) is 3.24. The molecule has 3 heterocycles. The van der Waals surface area contributed by atoms with Gasteiger partial charge in [-0.05, 0) is 18.6 Å². The number of nitrogens with zero attached hydrogens (tertiary/aromatic N) is 3. The first-order valence-corrected chi connectivity index (χ1v) is 8.51. The smallest absolute Gasteiger partial charge is 0.475 e. The number of alkyl halides is 3. The number of fused-ring (bicyclic) bond motifs is 1. The summed E-state index contributed by atoms with van der Waals surface area (Å²) in [6.07, 6.45) is -0.219. The van der Waals surface area contributed by atoms with E-state index >= 15 is 0 Å². The monoisotopic (exact) mass is 386 g/mol. The summed E-state index contributed by atoms with van der Waals surface area (Å²) in [6, 6.07) is 4.07. The van der Waals surface area contributed by atoms with E-state index in [0.717, 1.165) is 40.4 Å². The molecule has 3 rings (SSSR count). The van der Waals surface area contributed by atoms with Gasteiger partial charge in [0.05, 0.1) is 5.69 Å². The van der Waals surface area contributed by atoms with Crippen LogP contribution in [-0.2, 0) is 4.79 Å². The van der Waals surface area contributed by atoms with Crippen molar-refractivity contribution in [3.63, 3.8) is 0 Å². The van der Waals surface area contributed by atoms with Gasteiger partial charge in [-0.15, -0.1) is 11.3 Å². The number of anilines is 1. The van der Waals surface area contributed by atoms with E-state index in [4.69, 9.17) is 14.9 Å². The minimum Gasteiger partial charge on any atom is -0.475 e. The maximum Gasteiger partial charge on any atom is 0.490 e. The number of aliphatic carboxylic acids is 1. The fourth-order valence-electron chi connectivity index (χ4n) is 2.18. The second-order valence-electron chi connectivity index (χ2n) is 5.34. The zero-order valence-corrected chi connectivity index (χ0v) is 14.9. The largest absolute Gasteiger partial charge is 0.490 e. The van der Waals surface area contributed by atoms with Crippen molar-refractivity contribution in [3.05, 3.63) is 29.9 Å². The summed E-state index contributed by atoms with van der Waals surface area (Å²) < 4.78 is 31.7. The molecule has 26 heavy (non-hydrogen) atoms. The van der Waals surface area contributed by atoms with Crippen LogP contribution in [0.4, 0.5) is 18.3 Å². The first-order chi connectivity index (χ1) is 12.2. The summed E-state index contributed by atoms with van der Waals surface area (Å²) in [7, 11) is 2.09. The predicted molar refractivity (Wildman–Crippen MR) is 94.5 cm³/mol. The van der Waals surface area contributed by atoms with Crippen molar-refractivity contribution in [2.75, 3.05) is 18.5 Å². The van der Waals surface area contributed by atoms with Gasteiger partial charge >= 0.3 is 12.1 Å². The number of aromatic nitrogens is 3. The molecule has 0 amide bonds. The molecule has 0 radical (unpaired) electrons. The molecule has 0 aliphatic carbocycles. The molecule has 0 aliphatic rings. The molecule has 6 nitrogen and oxygen atoms in total. The van der Waals surface area contributed by atoms with E-state index in [1.807, 2.05) is 24.5 Å². The van der Waals surface area contributed by atoms with Crippen molar-refractivity contribution < 1.29 is 23.1 Å². The lowest BCUT2D eigenvalue weighted by Gasteiger charge is -2.13. The van der Waals surface area contributed by atoms with Crippen LogP contribution in [0, 0.1) is 0 Å². The molecule has 0 unspecified atom stereocenters. The van der Waals surface area contributed by atoms with Crippen LogP contribution < -0.4 is 4.90 Å². The Labute approximate surface area is 151 Å². The zero-order valence-electron chi connectivity index (χ0n) is 14.0. The highest BCUT2D eigenvalue weighted by Gasteiger charge is 2.38. The molecule has 0 atom stereocenters. The normalized spacial score (nSPS) is 11.1. The standard InChI is InChI=1S/C14H16N4S.C2HF3O2/c1-3-8-18(2)14-17-12(9-19-14)10-4-6-15-13-11(10)5-7-16-13;3-2(4,5)1(6)7/h4-7,9H,3,8H2,1-2H3,(H,15,16);(H,6,7). The Kier molecular flexibility index (Phi) is 6.19. The number of hydrogen-bond donors (Lipinski definition) is 2. The van der Waals surface area contributed by atoms with Gasteiger partial charge in [0.2, 0.25) is 0 Å². The molecular formula is C16H17F3N4O2S. The van der Waals surface area contributed by atoms with Gasteiger partial charge in [-0.25, -0.2) is 14.8 Å². The lowest BCUT2D eigenvalue weighted by Crippen LogP contribution is -2.21. The second kappa shape index (κ2) is 8.17. The minimum atomic E-state index is -5.08. The molecule has 0 spiro atoms. The topological polar surface area (TPSA) is 82.1 Å². The average molecular weight is 386 g/mol. The Bertz CT molecular complexity index is 876. The molecule has 0 fully saturated rings. The summed E-state index contributed by atoms with van der Waals surface area (Å²) in [5, 5.41) is 11.4. The number of rotatable bonds is 4. The summed E-state index contributed by atoms with van der Waals surface area (Å²) >= 11 is 1.69. The van der Waals surface area contributed by atoms with Crippen LogP contribution in [0.2, 0.25) is 0 Å². The van der Waals surface area contributed by atoms with Gasteiger partial charge in [0.1, 0.15) is 5.65 Å². The van der Waals surface area contributed by atoms with Gasteiger partial charge in [0.25, 0.3) is 0 Å². The summed E-state index contributed by atoms with van der Waals surface area (Å²) in [5.41, 5.74) is 3.07. The van der Waals surface area contributed by atoms with Crippen LogP contribution in [0.15, 0.2) is 29.9 Å². The fraction of sp³-hybridized carbons (Fsp3) is 0.312. The van der Waals surface area contributed by atoms with E-state index in [0.29, 0.717) is 0 Å². The molecule has 0 aliphatic heterocycles. The van der Waals surface area contributed by atoms with E-state index < -0.39 is 12.1 Å². The number of halogens is 3. The van der Waals surface area contributed by atoms with Crippen molar-refractivity contribution in [2.24, 2.45) is 0 Å². The SMILES string of the molecule is CCCN(C)c1nc(-c2ccnc3[nH]ccc23)cs1.O=C(O)C(F)(F)F. The number of carboxylic acid groups (broad SMARTS) is 1. The highest BCUT2D eigenvalue weighted by molar-refractivity contribution is 7.14. The van der Waals surface area contributed by atoms with Crippen molar-refractivity contribution in [2.45, 2.75) is 19.5 Å². The molecule has 0 saturated heterocycles. The molecule has 0 bridgehead atoms. The Balaban J connectivity index is 0.000000298. The Hall–Kier alpha value is -2.62. The zero-order chi connectivity index (χ0) is 19.3. The Morgan fingerprint density at radius 2 is 2.08 bits per heavy atom. The first kappa shape index (κ1) is 19.7. The number of carbonyl (C=O) groups is 1. The lowest BCUT2D eigenvalue weighted by atomic mass is 10.1. The van der Waals surface area contributed by atoms with Crippen molar-refractivity contribution in [3.8, 4) is 11.3 Å². The summed E-state index contributed by atoms with van der Waals surface area (Å²) in [6.45, 7) is 3.21. The van der Waals surface area contributed by atoms with Gasteiger partial charge in [0, 0.05) is 42.3 Å². The highest BCUT2D eigenvalue weighted by atomic mass is 32.1. The van der Waals surface area contributed by atoms with E-state index in [9.17, 15) is 13.2 Å². The van der Waals surface area contributed by atoms with Gasteiger partial charge in [-0.1, -0.05) is 6.92 Å². The van der Waals surface area contributed by atoms with Crippen LogP contribution in [0.3, 0.4) is 0 Å². The molecule has 10 heteroatoms. The van der Waals surface area contributed by atoms with E-state index in [1.54, 1.807) is 11.3 Å². The third-order valence-electron chi connectivity index (χ3n) is 3.36. The number of nitrogens with one attached hydrogen (secondary N) is 1. The minimum absolute atomic E-state index is 0.911. The van der Waals surface area contributed by atoms with E-state index in [1.165, 1.54) is 0 Å². The van der Waals surface area contributed by atoms with Crippen molar-refractivity contribution in [1.29, 1.82) is 0 Å².